The normalized spacial score (nSPS) is 10.6. The van der Waals surface area contributed by atoms with Crippen LogP contribution in [0.25, 0.3) is 10.9 Å². The standard InChI is InChI=1S/C8H7BrN2/c9-4-6-1-2-7-5-10-11-8(7)3-6/h1-3,5H,4H2,(H,10,11)/p+1. The summed E-state index contributed by atoms with van der Waals surface area (Å²) in [5.41, 5.74) is 2.36. The molecule has 0 aliphatic heterocycles. The van der Waals surface area contributed by atoms with Crippen molar-refractivity contribution in [3.8, 4) is 0 Å². The smallest absolute Gasteiger partial charge is 0.278 e. The van der Waals surface area contributed by atoms with Crippen LogP contribution in [0.4, 0.5) is 0 Å². The first-order chi connectivity index (χ1) is 5.40. The van der Waals surface area contributed by atoms with Crippen LogP contribution in [0.15, 0.2) is 24.4 Å². The van der Waals surface area contributed by atoms with Crippen LogP contribution in [-0.4, -0.2) is 10.2 Å². The van der Waals surface area contributed by atoms with Gasteiger partial charge in [0.25, 0.3) is 0 Å². The summed E-state index contributed by atoms with van der Waals surface area (Å²) in [5.74, 6) is 0. The Morgan fingerprint density at radius 2 is 2.45 bits per heavy atom. The molecule has 0 amide bonds. The molecule has 0 radical (unpaired) electrons. The minimum atomic E-state index is 0. The fourth-order valence-corrected chi connectivity index (χ4v) is 1.42. The van der Waals surface area contributed by atoms with E-state index < -0.39 is 0 Å². The maximum absolute atomic E-state index is 3.94. The quantitative estimate of drug-likeness (QED) is 0.723. The monoisotopic (exact) mass is 211 g/mol. The summed E-state index contributed by atoms with van der Waals surface area (Å²) in [5, 5.41) is 8.91. The van der Waals surface area contributed by atoms with Gasteiger partial charge in [-0.3, -0.25) is 5.10 Å². The first-order valence-electron chi connectivity index (χ1n) is 3.38. The molecule has 3 heteroatoms. The van der Waals surface area contributed by atoms with E-state index in [1.54, 1.807) is 0 Å². The zero-order valence-electron chi connectivity index (χ0n) is 6.84. The summed E-state index contributed by atoms with van der Waals surface area (Å²) < 4.78 is 0. The van der Waals surface area contributed by atoms with Crippen molar-refractivity contribution >= 4 is 26.8 Å². The summed E-state index contributed by atoms with van der Waals surface area (Å²) in [4.78, 5) is 0. The van der Waals surface area contributed by atoms with Crippen molar-refractivity contribution in [3.63, 3.8) is 0 Å². The van der Waals surface area contributed by atoms with Crippen molar-refractivity contribution in [2.75, 3.05) is 0 Å². The van der Waals surface area contributed by atoms with Crippen LogP contribution in [0.5, 0.6) is 0 Å². The second-order valence-electron chi connectivity index (χ2n) is 2.43. The zero-order valence-corrected chi connectivity index (χ0v) is 7.43. The lowest BCUT2D eigenvalue weighted by atomic mass is 10.2. The minimum Gasteiger partial charge on any atom is -0.278 e. The van der Waals surface area contributed by atoms with Gasteiger partial charge in [0.1, 0.15) is 0 Å². The number of H-pyrrole nitrogens is 1. The summed E-state index contributed by atoms with van der Waals surface area (Å²) >= 11 is 3.40. The SMILES string of the molecule is BrCc1ccc2cn[nH]c2c1.[H+]. The lowest BCUT2D eigenvalue weighted by Gasteiger charge is -1.93. The van der Waals surface area contributed by atoms with E-state index in [4.69, 9.17) is 0 Å². The van der Waals surface area contributed by atoms with Gasteiger partial charge in [0, 0.05) is 10.7 Å². The highest BCUT2D eigenvalue weighted by atomic mass is 79.9. The molecule has 0 aliphatic carbocycles. The molecule has 2 rings (SSSR count). The van der Waals surface area contributed by atoms with Crippen molar-refractivity contribution in [2.45, 2.75) is 5.33 Å². The molecule has 56 valence electrons. The second-order valence-corrected chi connectivity index (χ2v) is 2.99. The second kappa shape index (κ2) is 2.66. The number of fused-ring (bicyclic) bond motifs is 1. The molecule has 0 saturated carbocycles. The van der Waals surface area contributed by atoms with Crippen molar-refractivity contribution in [2.24, 2.45) is 0 Å². The van der Waals surface area contributed by atoms with Crippen LogP contribution < -0.4 is 0 Å². The lowest BCUT2D eigenvalue weighted by molar-refractivity contribution is 1.12. The third-order valence-electron chi connectivity index (χ3n) is 1.66. The van der Waals surface area contributed by atoms with Crippen LogP contribution in [0.2, 0.25) is 0 Å². The summed E-state index contributed by atoms with van der Waals surface area (Å²) in [7, 11) is 0. The summed E-state index contributed by atoms with van der Waals surface area (Å²) in [6, 6.07) is 6.25. The van der Waals surface area contributed by atoms with Crippen LogP contribution >= 0.6 is 15.9 Å². The van der Waals surface area contributed by atoms with Gasteiger partial charge in [-0.2, -0.15) is 5.10 Å². The molecular weight excluding hydrogens is 204 g/mol. The molecule has 2 nitrogen and oxygen atoms in total. The van der Waals surface area contributed by atoms with E-state index in [-0.39, 0.29) is 1.43 Å². The van der Waals surface area contributed by atoms with Crippen LogP contribution in [0.1, 0.15) is 6.99 Å². The van der Waals surface area contributed by atoms with Gasteiger partial charge >= 0.3 is 1.43 Å². The first-order valence-corrected chi connectivity index (χ1v) is 4.50. The van der Waals surface area contributed by atoms with E-state index in [9.17, 15) is 0 Å². The summed E-state index contributed by atoms with van der Waals surface area (Å²) in [6.45, 7) is 0. The van der Waals surface area contributed by atoms with E-state index >= 15 is 0 Å². The van der Waals surface area contributed by atoms with Gasteiger partial charge in [-0.25, -0.2) is 0 Å². The molecule has 2 aromatic rings. The molecule has 1 heterocycles. The molecule has 0 saturated heterocycles. The highest BCUT2D eigenvalue weighted by molar-refractivity contribution is 9.08. The number of rotatable bonds is 1. The lowest BCUT2D eigenvalue weighted by Crippen LogP contribution is -1.75. The minimum absolute atomic E-state index is 0. The average Bonchev–Trinajstić information content (AvgIpc) is 2.50. The molecule has 0 atom stereocenters. The Balaban J connectivity index is 0.000000720. The predicted molar refractivity (Wildman–Crippen MR) is 49.8 cm³/mol. The molecule has 0 aliphatic rings. The Morgan fingerprint density at radius 1 is 1.55 bits per heavy atom. The van der Waals surface area contributed by atoms with E-state index in [1.165, 1.54) is 5.56 Å². The first kappa shape index (κ1) is 6.85. The third-order valence-corrected chi connectivity index (χ3v) is 2.31. The molecule has 0 spiro atoms. The molecular formula is C8H8BrN2+. The number of alkyl halides is 1. The maximum atomic E-state index is 3.94. The van der Waals surface area contributed by atoms with Crippen LogP contribution in [0.3, 0.4) is 0 Å². The van der Waals surface area contributed by atoms with Gasteiger partial charge in [0.05, 0.1) is 11.7 Å². The van der Waals surface area contributed by atoms with Crippen molar-refractivity contribution in [1.82, 2.24) is 10.2 Å². The van der Waals surface area contributed by atoms with Gasteiger partial charge in [-0.05, 0) is 11.6 Å². The predicted octanol–water partition coefficient (Wildman–Crippen LogP) is 2.57. The van der Waals surface area contributed by atoms with E-state index in [0.717, 1.165) is 16.2 Å². The van der Waals surface area contributed by atoms with Crippen LogP contribution in [0, 0.1) is 0 Å². The Morgan fingerprint density at radius 3 is 3.27 bits per heavy atom. The van der Waals surface area contributed by atoms with Gasteiger partial charge in [-0.15, -0.1) is 0 Å². The maximum Gasteiger partial charge on any atom is 1.00 e. The number of nitrogens with one attached hydrogen (secondary N) is 1. The van der Waals surface area contributed by atoms with Crippen LogP contribution in [-0.2, 0) is 5.33 Å². The molecule has 0 unspecified atom stereocenters. The fourth-order valence-electron chi connectivity index (χ4n) is 1.07. The topological polar surface area (TPSA) is 28.7 Å². The zero-order chi connectivity index (χ0) is 7.68. The molecule has 0 fully saturated rings. The highest BCUT2D eigenvalue weighted by Crippen LogP contribution is 2.14. The molecule has 1 aromatic carbocycles. The van der Waals surface area contributed by atoms with E-state index in [1.807, 2.05) is 6.20 Å². The number of nitrogens with zero attached hydrogens (tertiary/aromatic N) is 1. The largest absolute Gasteiger partial charge is 1.00 e. The van der Waals surface area contributed by atoms with Gasteiger partial charge < -0.3 is 0 Å². The number of hydrogen-bond donors (Lipinski definition) is 1. The van der Waals surface area contributed by atoms with E-state index in [0.29, 0.717) is 0 Å². The Kier molecular flexibility index (Phi) is 1.66. The molecule has 0 bridgehead atoms. The van der Waals surface area contributed by atoms with Crippen molar-refractivity contribution in [1.29, 1.82) is 0 Å². The Labute approximate surface area is 74.2 Å². The molecule has 1 aromatic heterocycles. The molecule has 1 N–H and O–H groups in total. The number of hydrogen-bond acceptors (Lipinski definition) is 1. The number of benzene rings is 1. The highest BCUT2D eigenvalue weighted by Gasteiger charge is 1.95. The number of aromatic amines is 1. The average molecular weight is 212 g/mol. The Bertz CT molecular complexity index is 372. The fraction of sp³-hybridized carbons (Fsp3) is 0.125. The van der Waals surface area contributed by atoms with Gasteiger partial charge in [-0.1, -0.05) is 28.1 Å². The molecule has 11 heavy (non-hydrogen) atoms. The van der Waals surface area contributed by atoms with Crippen molar-refractivity contribution < 1.29 is 1.43 Å². The third kappa shape index (κ3) is 1.16. The van der Waals surface area contributed by atoms with Crippen molar-refractivity contribution in [3.05, 3.63) is 30.0 Å². The van der Waals surface area contributed by atoms with E-state index in [2.05, 4.69) is 44.3 Å². The van der Waals surface area contributed by atoms with Gasteiger partial charge in [0.2, 0.25) is 0 Å². The van der Waals surface area contributed by atoms with Gasteiger partial charge in [0.15, 0.2) is 0 Å². The summed E-state index contributed by atoms with van der Waals surface area (Å²) in [6.07, 6.45) is 1.83. The number of halogens is 1. The number of aromatic nitrogens is 2. The Hall–Kier alpha value is -0.830.